The van der Waals surface area contributed by atoms with E-state index in [1.54, 1.807) is 18.2 Å². The second kappa shape index (κ2) is 7.87. The predicted octanol–water partition coefficient (Wildman–Crippen LogP) is 5.17. The normalized spacial score (nSPS) is 17.2. The van der Waals surface area contributed by atoms with Crippen LogP contribution in [0, 0.1) is 18.2 Å². The first-order valence-corrected chi connectivity index (χ1v) is 11.1. The Morgan fingerprint density at radius 2 is 1.91 bits per heavy atom. The van der Waals surface area contributed by atoms with Crippen LogP contribution in [-0.4, -0.2) is 31.5 Å². The van der Waals surface area contributed by atoms with Crippen LogP contribution in [0.15, 0.2) is 64.2 Å². The number of amides is 1. The quantitative estimate of drug-likeness (QED) is 0.563. The number of para-hydroxylation sites is 1. The number of aromatic nitrogens is 1. The molecule has 0 unspecified atom stereocenters. The van der Waals surface area contributed by atoms with Crippen molar-refractivity contribution in [3.05, 3.63) is 76.7 Å². The number of benzene rings is 2. The smallest absolute Gasteiger partial charge is 0.283 e. The summed E-state index contributed by atoms with van der Waals surface area (Å²) in [6.45, 7) is 4.28. The van der Waals surface area contributed by atoms with Crippen molar-refractivity contribution in [2.24, 2.45) is 10.1 Å². The molecule has 0 saturated carbocycles. The van der Waals surface area contributed by atoms with Gasteiger partial charge in [-0.25, -0.2) is 4.39 Å². The number of carbonyl (C=O) groups is 1. The van der Waals surface area contributed by atoms with Gasteiger partial charge >= 0.3 is 0 Å². The van der Waals surface area contributed by atoms with Crippen LogP contribution in [-0.2, 0) is 11.3 Å². The van der Waals surface area contributed by atoms with Gasteiger partial charge in [0.05, 0.1) is 12.1 Å². The van der Waals surface area contributed by atoms with Crippen LogP contribution in [0.5, 0.6) is 0 Å². The molecule has 2 aliphatic heterocycles. The molecular formula is C24H20FN5OS. The molecule has 6 nitrogen and oxygen atoms in total. The maximum absolute atomic E-state index is 14.3. The lowest BCUT2D eigenvalue weighted by Crippen LogP contribution is -2.35. The number of hydrogen-bond acceptors (Lipinski definition) is 4. The second-order valence-corrected chi connectivity index (χ2v) is 8.60. The molecule has 0 radical (unpaired) electrons. The van der Waals surface area contributed by atoms with Crippen molar-refractivity contribution < 1.29 is 9.18 Å². The third-order valence-corrected chi connectivity index (χ3v) is 6.71. The van der Waals surface area contributed by atoms with Gasteiger partial charge in [0.2, 0.25) is 5.17 Å². The van der Waals surface area contributed by atoms with Gasteiger partial charge in [0.15, 0.2) is 5.84 Å². The monoisotopic (exact) mass is 445 g/mol. The number of fused-ring (bicyclic) bond motifs is 2. The summed E-state index contributed by atoms with van der Waals surface area (Å²) in [5.41, 5.74) is 3.40. The number of nitrogens with zero attached hydrogens (tertiary/aromatic N) is 4. The van der Waals surface area contributed by atoms with Gasteiger partial charge in [0.25, 0.3) is 5.91 Å². The van der Waals surface area contributed by atoms with Gasteiger partial charge < -0.3 is 4.57 Å². The molecule has 5 rings (SSSR count). The largest absolute Gasteiger partial charge is 0.340 e. The zero-order valence-electron chi connectivity index (χ0n) is 17.6. The minimum atomic E-state index is -0.452. The summed E-state index contributed by atoms with van der Waals surface area (Å²) in [7, 11) is 0. The molecule has 3 heterocycles. The van der Waals surface area contributed by atoms with Gasteiger partial charge in [-0.05, 0) is 43.3 Å². The van der Waals surface area contributed by atoms with Gasteiger partial charge in [-0.1, -0.05) is 43.3 Å². The van der Waals surface area contributed by atoms with Crippen LogP contribution in [0.2, 0.25) is 0 Å². The average Bonchev–Trinajstić information content (AvgIpc) is 3.32. The Hall–Kier alpha value is -3.52. The number of hydrogen-bond donors (Lipinski definition) is 1. The van der Waals surface area contributed by atoms with E-state index in [4.69, 9.17) is 5.41 Å². The summed E-state index contributed by atoms with van der Waals surface area (Å²) in [4.78, 5) is 16.9. The number of thioether (sulfide) groups is 1. The Morgan fingerprint density at radius 1 is 1.16 bits per heavy atom. The van der Waals surface area contributed by atoms with Crippen LogP contribution in [0.3, 0.4) is 0 Å². The molecule has 160 valence electrons. The van der Waals surface area contributed by atoms with E-state index in [-0.39, 0.29) is 17.2 Å². The van der Waals surface area contributed by atoms with Crippen molar-refractivity contribution >= 4 is 50.7 Å². The molecule has 0 spiro atoms. The molecule has 1 N–H and O–H groups in total. The molecule has 0 bridgehead atoms. The van der Waals surface area contributed by atoms with Crippen molar-refractivity contribution in [3.8, 4) is 0 Å². The molecule has 8 heteroatoms. The fourth-order valence-corrected chi connectivity index (χ4v) is 4.78. The maximum Gasteiger partial charge on any atom is 0.283 e. The van der Waals surface area contributed by atoms with E-state index < -0.39 is 5.91 Å². The Labute approximate surface area is 188 Å². The highest BCUT2D eigenvalue weighted by molar-refractivity contribution is 8.26. The van der Waals surface area contributed by atoms with Gasteiger partial charge in [-0.2, -0.15) is 15.1 Å². The molecule has 3 aromatic rings. The fraction of sp³-hybridized carbons (Fsp3) is 0.167. The number of aliphatic imine (C=N–C) groups is 1. The van der Waals surface area contributed by atoms with Crippen molar-refractivity contribution in [1.29, 1.82) is 5.41 Å². The average molecular weight is 446 g/mol. The molecule has 1 amide bonds. The summed E-state index contributed by atoms with van der Waals surface area (Å²) in [6.07, 6.45) is 2.42. The summed E-state index contributed by atoms with van der Waals surface area (Å²) in [6, 6.07) is 14.5. The van der Waals surface area contributed by atoms with E-state index in [0.29, 0.717) is 23.7 Å². The van der Waals surface area contributed by atoms with E-state index in [1.807, 2.05) is 48.7 Å². The summed E-state index contributed by atoms with van der Waals surface area (Å²) >= 11 is 1.32. The first kappa shape index (κ1) is 20.4. The zero-order valence-corrected chi connectivity index (χ0v) is 18.4. The highest BCUT2D eigenvalue weighted by Crippen LogP contribution is 2.33. The topological polar surface area (TPSA) is 73.8 Å². The SMILES string of the molecule is CCC1=NN2C(=N)C(=Cc3c(C)n(Cc4ccccc4F)c4ccccc34)C(=O)N=C2S1. The van der Waals surface area contributed by atoms with E-state index in [0.717, 1.165) is 27.2 Å². The highest BCUT2D eigenvalue weighted by atomic mass is 32.2. The summed E-state index contributed by atoms with van der Waals surface area (Å²) < 4.78 is 16.4. The molecule has 0 aliphatic carbocycles. The number of hydrazone groups is 1. The Morgan fingerprint density at radius 3 is 2.69 bits per heavy atom. The Bertz CT molecular complexity index is 1380. The molecule has 32 heavy (non-hydrogen) atoms. The molecular weight excluding hydrogens is 425 g/mol. The Balaban J connectivity index is 1.63. The van der Waals surface area contributed by atoms with Crippen molar-refractivity contribution in [1.82, 2.24) is 9.58 Å². The molecule has 0 atom stereocenters. The van der Waals surface area contributed by atoms with Gasteiger partial charge in [-0.15, -0.1) is 0 Å². The third kappa shape index (κ3) is 3.27. The molecule has 0 fully saturated rings. The number of amidine groups is 2. The van der Waals surface area contributed by atoms with Crippen LogP contribution in [0.4, 0.5) is 4.39 Å². The van der Waals surface area contributed by atoms with E-state index >= 15 is 0 Å². The van der Waals surface area contributed by atoms with Crippen molar-refractivity contribution in [2.75, 3.05) is 0 Å². The minimum absolute atomic E-state index is 0.0151. The van der Waals surface area contributed by atoms with Crippen molar-refractivity contribution in [2.45, 2.75) is 26.8 Å². The van der Waals surface area contributed by atoms with Crippen LogP contribution in [0.1, 0.15) is 30.2 Å². The Kier molecular flexibility index (Phi) is 5.01. The van der Waals surface area contributed by atoms with E-state index in [1.165, 1.54) is 22.8 Å². The van der Waals surface area contributed by atoms with Crippen LogP contribution in [0.25, 0.3) is 17.0 Å². The zero-order chi connectivity index (χ0) is 22.4. The van der Waals surface area contributed by atoms with Crippen LogP contribution >= 0.6 is 11.8 Å². The standard InChI is InChI=1S/C24H20FN5OS/c1-3-21-28-30-22(26)18(23(31)27-24(30)32-21)12-17-14(2)29(20-11-7-5-9-16(17)20)13-15-8-4-6-10-19(15)25/h4-12,26H,3,13H2,1-2H3. The maximum atomic E-state index is 14.3. The highest BCUT2D eigenvalue weighted by Gasteiger charge is 2.35. The number of nitrogens with one attached hydrogen (secondary N) is 1. The fourth-order valence-electron chi connectivity index (χ4n) is 3.96. The van der Waals surface area contributed by atoms with Crippen molar-refractivity contribution in [3.63, 3.8) is 0 Å². The molecule has 0 saturated heterocycles. The predicted molar refractivity (Wildman–Crippen MR) is 127 cm³/mol. The molecule has 1 aromatic heterocycles. The van der Waals surface area contributed by atoms with Crippen LogP contribution < -0.4 is 0 Å². The van der Waals surface area contributed by atoms with Gasteiger partial charge in [-0.3, -0.25) is 10.2 Å². The number of rotatable bonds is 4. The number of halogens is 1. The second-order valence-electron chi connectivity index (χ2n) is 7.56. The lowest BCUT2D eigenvalue weighted by Gasteiger charge is -2.20. The van der Waals surface area contributed by atoms with E-state index in [2.05, 4.69) is 10.1 Å². The minimum Gasteiger partial charge on any atom is -0.340 e. The lowest BCUT2D eigenvalue weighted by atomic mass is 10.1. The van der Waals surface area contributed by atoms with Gasteiger partial charge in [0, 0.05) is 27.7 Å². The number of carbonyl (C=O) groups excluding carboxylic acids is 1. The first-order chi connectivity index (χ1) is 15.5. The van der Waals surface area contributed by atoms with Gasteiger partial charge in [0.1, 0.15) is 10.9 Å². The summed E-state index contributed by atoms with van der Waals surface area (Å²) in [5, 5.41) is 16.6. The summed E-state index contributed by atoms with van der Waals surface area (Å²) in [5.74, 6) is -0.695. The molecule has 2 aliphatic rings. The molecule has 2 aromatic carbocycles. The van der Waals surface area contributed by atoms with E-state index in [9.17, 15) is 9.18 Å². The lowest BCUT2D eigenvalue weighted by molar-refractivity contribution is -0.114. The third-order valence-electron chi connectivity index (χ3n) is 5.65. The first-order valence-electron chi connectivity index (χ1n) is 10.3.